The number of rotatable bonds is 4. The van der Waals surface area contributed by atoms with E-state index in [9.17, 15) is 18.0 Å². The Bertz CT molecular complexity index is 227. The summed E-state index contributed by atoms with van der Waals surface area (Å²) >= 11 is 0. The van der Waals surface area contributed by atoms with Gasteiger partial charge >= 0.3 is 6.18 Å². The number of piperidine rings is 1. The van der Waals surface area contributed by atoms with E-state index >= 15 is 0 Å². The Hall–Kier alpha value is -0.820. The second-order valence-corrected chi connectivity index (χ2v) is 3.72. The van der Waals surface area contributed by atoms with Crippen LogP contribution in [0.25, 0.3) is 0 Å². The molecular formula is C9H15F3N2O2. The van der Waals surface area contributed by atoms with E-state index in [0.717, 1.165) is 19.4 Å². The first-order chi connectivity index (χ1) is 7.47. The summed E-state index contributed by atoms with van der Waals surface area (Å²) in [5.74, 6) is -0.502. The zero-order valence-electron chi connectivity index (χ0n) is 8.77. The fourth-order valence-electron chi connectivity index (χ4n) is 1.50. The molecule has 1 atom stereocenters. The van der Waals surface area contributed by atoms with Crippen LogP contribution in [0.4, 0.5) is 13.2 Å². The van der Waals surface area contributed by atoms with E-state index in [1.54, 1.807) is 0 Å². The molecule has 0 aromatic heterocycles. The molecule has 0 radical (unpaired) electrons. The van der Waals surface area contributed by atoms with E-state index in [1.807, 2.05) is 0 Å². The van der Waals surface area contributed by atoms with Crippen LogP contribution in [0.1, 0.15) is 12.8 Å². The second-order valence-electron chi connectivity index (χ2n) is 3.72. The van der Waals surface area contributed by atoms with Crippen LogP contribution in [0.3, 0.4) is 0 Å². The highest BCUT2D eigenvalue weighted by Gasteiger charge is 2.28. The second kappa shape index (κ2) is 6.05. The highest BCUT2D eigenvalue weighted by molar-refractivity contribution is 5.77. The predicted molar refractivity (Wildman–Crippen MR) is 50.9 cm³/mol. The third-order valence-corrected chi connectivity index (χ3v) is 2.16. The highest BCUT2D eigenvalue weighted by Crippen LogP contribution is 2.14. The zero-order chi connectivity index (χ0) is 12.0. The molecular weight excluding hydrogens is 225 g/mol. The van der Waals surface area contributed by atoms with Gasteiger partial charge in [-0.15, -0.1) is 0 Å². The molecule has 1 aliphatic rings. The highest BCUT2D eigenvalue weighted by atomic mass is 19.4. The van der Waals surface area contributed by atoms with Crippen molar-refractivity contribution in [1.82, 2.24) is 10.6 Å². The van der Waals surface area contributed by atoms with Crippen molar-refractivity contribution in [2.45, 2.75) is 25.1 Å². The van der Waals surface area contributed by atoms with Gasteiger partial charge < -0.3 is 15.4 Å². The molecule has 0 bridgehead atoms. The summed E-state index contributed by atoms with van der Waals surface area (Å²) in [7, 11) is 0. The summed E-state index contributed by atoms with van der Waals surface area (Å²) in [5, 5.41) is 5.70. The van der Waals surface area contributed by atoms with Crippen LogP contribution in [-0.4, -0.2) is 44.4 Å². The number of carbonyl (C=O) groups is 1. The van der Waals surface area contributed by atoms with Crippen LogP contribution in [0.2, 0.25) is 0 Å². The molecule has 16 heavy (non-hydrogen) atoms. The normalized spacial score (nSPS) is 21.8. The summed E-state index contributed by atoms with van der Waals surface area (Å²) < 4.78 is 39.3. The first-order valence-electron chi connectivity index (χ1n) is 5.12. The molecule has 4 nitrogen and oxygen atoms in total. The van der Waals surface area contributed by atoms with Crippen LogP contribution in [-0.2, 0) is 9.53 Å². The van der Waals surface area contributed by atoms with Crippen molar-refractivity contribution in [3.63, 3.8) is 0 Å². The lowest BCUT2D eigenvalue weighted by molar-refractivity contribution is -0.175. The molecule has 0 aromatic rings. The Labute approximate surface area is 91.5 Å². The lowest BCUT2D eigenvalue weighted by Gasteiger charge is -2.23. The van der Waals surface area contributed by atoms with Crippen molar-refractivity contribution in [3.05, 3.63) is 0 Å². The minimum Gasteiger partial charge on any atom is -0.362 e. The minimum atomic E-state index is -4.38. The summed E-state index contributed by atoms with van der Waals surface area (Å²) in [6, 6.07) is -0.00395. The summed E-state index contributed by atoms with van der Waals surface area (Å²) in [5.41, 5.74) is 0. The quantitative estimate of drug-likeness (QED) is 0.749. The molecule has 0 spiro atoms. The van der Waals surface area contributed by atoms with Gasteiger partial charge in [-0.05, 0) is 19.4 Å². The Balaban J connectivity index is 2.10. The van der Waals surface area contributed by atoms with Crippen LogP contribution in [0, 0.1) is 0 Å². The SMILES string of the molecule is O=C(COCC(F)(F)F)N[C@H]1CCCNC1. The zero-order valence-corrected chi connectivity index (χ0v) is 8.77. The van der Waals surface area contributed by atoms with Crippen molar-refractivity contribution in [3.8, 4) is 0 Å². The Kier molecular flexibility index (Phi) is 5.01. The summed E-state index contributed by atoms with van der Waals surface area (Å²) in [4.78, 5) is 11.2. The average Bonchev–Trinajstić information content (AvgIpc) is 2.17. The fraction of sp³-hybridized carbons (Fsp3) is 0.889. The molecule has 1 aliphatic heterocycles. The molecule has 94 valence electrons. The lowest BCUT2D eigenvalue weighted by atomic mass is 10.1. The molecule has 2 N–H and O–H groups in total. The van der Waals surface area contributed by atoms with Crippen molar-refractivity contribution < 1.29 is 22.7 Å². The topological polar surface area (TPSA) is 50.4 Å². The number of ether oxygens (including phenoxy) is 1. The van der Waals surface area contributed by atoms with Crippen LogP contribution in [0.15, 0.2) is 0 Å². The molecule has 0 unspecified atom stereocenters. The molecule has 0 aliphatic carbocycles. The standard InChI is InChI=1S/C9H15F3N2O2/c10-9(11,12)6-16-5-8(15)14-7-2-1-3-13-4-7/h7,13H,1-6H2,(H,14,15)/t7-/m0/s1. The van der Waals surface area contributed by atoms with Gasteiger partial charge in [0.15, 0.2) is 0 Å². The van der Waals surface area contributed by atoms with Crippen LogP contribution < -0.4 is 10.6 Å². The van der Waals surface area contributed by atoms with Crippen LogP contribution >= 0.6 is 0 Å². The van der Waals surface area contributed by atoms with Gasteiger partial charge in [0.05, 0.1) is 0 Å². The van der Waals surface area contributed by atoms with Gasteiger partial charge in [0, 0.05) is 12.6 Å². The van der Waals surface area contributed by atoms with Crippen LogP contribution in [0.5, 0.6) is 0 Å². The van der Waals surface area contributed by atoms with E-state index < -0.39 is 25.3 Å². The van der Waals surface area contributed by atoms with Crippen molar-refractivity contribution in [1.29, 1.82) is 0 Å². The van der Waals surface area contributed by atoms with E-state index in [0.29, 0.717) is 6.54 Å². The predicted octanol–water partition coefficient (Wildman–Crippen LogP) is 0.434. The monoisotopic (exact) mass is 240 g/mol. The third kappa shape index (κ3) is 5.92. The summed E-state index contributed by atoms with van der Waals surface area (Å²) in [6.45, 7) is -0.360. The van der Waals surface area contributed by atoms with Crippen molar-refractivity contribution in [2.75, 3.05) is 26.3 Å². The van der Waals surface area contributed by atoms with Crippen molar-refractivity contribution >= 4 is 5.91 Å². The number of halogens is 3. The number of hydrogen-bond acceptors (Lipinski definition) is 3. The molecule has 0 saturated carbocycles. The number of alkyl halides is 3. The number of amides is 1. The number of hydrogen-bond donors (Lipinski definition) is 2. The molecule has 7 heteroatoms. The largest absolute Gasteiger partial charge is 0.411 e. The average molecular weight is 240 g/mol. The van der Waals surface area contributed by atoms with Gasteiger partial charge in [-0.2, -0.15) is 13.2 Å². The maximum Gasteiger partial charge on any atom is 0.411 e. The maximum absolute atomic E-state index is 11.7. The number of carbonyl (C=O) groups excluding carboxylic acids is 1. The van der Waals surface area contributed by atoms with E-state index in [-0.39, 0.29) is 6.04 Å². The maximum atomic E-state index is 11.7. The first kappa shape index (κ1) is 13.2. The van der Waals surface area contributed by atoms with E-state index in [2.05, 4.69) is 15.4 Å². The Morgan fingerprint density at radius 2 is 2.25 bits per heavy atom. The molecule has 1 amide bonds. The number of nitrogens with one attached hydrogen (secondary N) is 2. The molecule has 1 saturated heterocycles. The Morgan fingerprint density at radius 3 is 2.81 bits per heavy atom. The lowest BCUT2D eigenvalue weighted by Crippen LogP contribution is -2.46. The van der Waals surface area contributed by atoms with Gasteiger partial charge in [-0.3, -0.25) is 4.79 Å². The van der Waals surface area contributed by atoms with E-state index in [1.165, 1.54) is 0 Å². The van der Waals surface area contributed by atoms with Gasteiger partial charge in [0.25, 0.3) is 0 Å². The smallest absolute Gasteiger partial charge is 0.362 e. The molecule has 1 fully saturated rings. The first-order valence-corrected chi connectivity index (χ1v) is 5.12. The molecule has 0 aromatic carbocycles. The Morgan fingerprint density at radius 1 is 1.50 bits per heavy atom. The minimum absolute atomic E-state index is 0.00395. The van der Waals surface area contributed by atoms with Gasteiger partial charge in [-0.1, -0.05) is 0 Å². The third-order valence-electron chi connectivity index (χ3n) is 2.16. The van der Waals surface area contributed by atoms with Gasteiger partial charge in [0.2, 0.25) is 5.91 Å². The van der Waals surface area contributed by atoms with E-state index in [4.69, 9.17) is 0 Å². The fourth-order valence-corrected chi connectivity index (χ4v) is 1.50. The van der Waals surface area contributed by atoms with Crippen molar-refractivity contribution in [2.24, 2.45) is 0 Å². The molecule has 1 heterocycles. The molecule has 1 rings (SSSR count). The summed E-state index contributed by atoms with van der Waals surface area (Å²) in [6.07, 6.45) is -2.58. The van der Waals surface area contributed by atoms with Gasteiger partial charge in [-0.25, -0.2) is 0 Å². The van der Waals surface area contributed by atoms with Gasteiger partial charge in [0.1, 0.15) is 13.2 Å².